The van der Waals surface area contributed by atoms with E-state index in [1.54, 1.807) is 20.0 Å². The third-order valence-electron chi connectivity index (χ3n) is 7.35. The van der Waals surface area contributed by atoms with Crippen molar-refractivity contribution < 1.29 is 19.4 Å². The highest BCUT2D eigenvalue weighted by molar-refractivity contribution is 6.00. The molecule has 0 unspecified atom stereocenters. The Morgan fingerprint density at radius 1 is 1.07 bits per heavy atom. The van der Waals surface area contributed by atoms with Gasteiger partial charge in [0.2, 0.25) is 5.89 Å². The minimum atomic E-state index is -1.30. The summed E-state index contributed by atoms with van der Waals surface area (Å²) >= 11 is 0. The lowest BCUT2D eigenvalue weighted by atomic mass is 9.93. The van der Waals surface area contributed by atoms with Crippen molar-refractivity contribution in [3.05, 3.63) is 83.4 Å². The summed E-state index contributed by atoms with van der Waals surface area (Å²) in [6.45, 7) is 9.87. The van der Waals surface area contributed by atoms with Crippen molar-refractivity contribution in [2.24, 2.45) is 0 Å². The fourth-order valence-corrected chi connectivity index (χ4v) is 5.11. The molecule has 0 aliphatic carbocycles. The quantitative estimate of drug-likeness (QED) is 0.204. The number of pyridine rings is 1. The van der Waals surface area contributed by atoms with Gasteiger partial charge in [0, 0.05) is 30.1 Å². The summed E-state index contributed by atoms with van der Waals surface area (Å²) < 4.78 is 5.80. The molecular formula is C31H36N6O4. The molecule has 3 heterocycles. The van der Waals surface area contributed by atoms with Crippen molar-refractivity contribution in [2.75, 3.05) is 23.8 Å². The van der Waals surface area contributed by atoms with Crippen molar-refractivity contribution in [2.45, 2.75) is 58.2 Å². The molecule has 2 aromatic carbocycles. The molecule has 10 heteroatoms. The lowest BCUT2D eigenvalue weighted by molar-refractivity contribution is 0.0487. The molecular weight excluding hydrogens is 520 g/mol. The Labute approximate surface area is 239 Å². The van der Waals surface area contributed by atoms with Gasteiger partial charge in [-0.1, -0.05) is 37.3 Å². The summed E-state index contributed by atoms with van der Waals surface area (Å²) in [5.74, 6) is 0.848. The highest BCUT2D eigenvalue weighted by Gasteiger charge is 2.42. The number of fused-ring (bicyclic) bond motifs is 1. The van der Waals surface area contributed by atoms with Gasteiger partial charge in [-0.3, -0.25) is 4.79 Å². The second kappa shape index (κ2) is 10.9. The molecule has 10 nitrogen and oxygen atoms in total. The first-order valence-electron chi connectivity index (χ1n) is 13.8. The zero-order valence-electron chi connectivity index (χ0n) is 24.0. The third-order valence-corrected chi connectivity index (χ3v) is 7.35. The van der Waals surface area contributed by atoms with E-state index in [1.165, 1.54) is 0 Å². The Balaban J connectivity index is 1.50. The van der Waals surface area contributed by atoms with E-state index in [0.717, 1.165) is 23.2 Å². The van der Waals surface area contributed by atoms with E-state index in [1.807, 2.05) is 59.5 Å². The molecule has 0 fully saturated rings. The molecule has 1 aliphatic rings. The van der Waals surface area contributed by atoms with Crippen LogP contribution in [-0.2, 0) is 11.1 Å². The molecule has 214 valence electrons. The molecule has 0 saturated carbocycles. The fourth-order valence-electron chi connectivity index (χ4n) is 5.11. The van der Waals surface area contributed by atoms with Gasteiger partial charge in [-0.05, 0) is 63.4 Å². The second-order valence-corrected chi connectivity index (χ2v) is 11.3. The number of rotatable bonds is 10. The average Bonchev–Trinajstić information content (AvgIpc) is 3.51. The van der Waals surface area contributed by atoms with Crippen LogP contribution in [0.25, 0.3) is 11.5 Å². The van der Waals surface area contributed by atoms with Crippen LogP contribution in [0.1, 0.15) is 74.5 Å². The Bertz CT molecular complexity index is 1540. The number of aromatic nitrogens is 3. The molecule has 1 aliphatic heterocycles. The van der Waals surface area contributed by atoms with E-state index < -0.39 is 17.2 Å². The second-order valence-electron chi connectivity index (χ2n) is 11.3. The van der Waals surface area contributed by atoms with Crippen LogP contribution in [0.5, 0.6) is 0 Å². The van der Waals surface area contributed by atoms with Crippen LogP contribution < -0.4 is 10.6 Å². The molecule has 5 rings (SSSR count). The summed E-state index contributed by atoms with van der Waals surface area (Å²) in [5, 5.41) is 35.5. The Morgan fingerprint density at radius 2 is 1.83 bits per heavy atom. The zero-order valence-corrected chi connectivity index (χ0v) is 24.0. The van der Waals surface area contributed by atoms with E-state index >= 15 is 0 Å². The highest BCUT2D eigenvalue weighted by atomic mass is 16.4. The Morgan fingerprint density at radius 3 is 2.49 bits per heavy atom. The van der Waals surface area contributed by atoms with E-state index in [4.69, 9.17) is 4.42 Å². The van der Waals surface area contributed by atoms with Gasteiger partial charge in [0.25, 0.3) is 11.8 Å². The van der Waals surface area contributed by atoms with E-state index in [9.17, 15) is 15.0 Å². The molecule has 0 bridgehead atoms. The van der Waals surface area contributed by atoms with Crippen molar-refractivity contribution in [3.63, 3.8) is 0 Å². The zero-order chi connectivity index (χ0) is 29.4. The molecule has 2 aromatic heterocycles. The molecule has 0 radical (unpaired) electrons. The first-order chi connectivity index (χ1) is 19.5. The van der Waals surface area contributed by atoms with Gasteiger partial charge in [-0.15, -0.1) is 10.2 Å². The van der Waals surface area contributed by atoms with E-state index in [-0.39, 0.29) is 24.3 Å². The summed E-state index contributed by atoms with van der Waals surface area (Å²) in [5.41, 5.74) is 2.75. The van der Waals surface area contributed by atoms with Crippen LogP contribution in [0.3, 0.4) is 0 Å². The number of amides is 1. The number of nitrogens with zero attached hydrogens (tertiary/aromatic N) is 4. The van der Waals surface area contributed by atoms with Gasteiger partial charge >= 0.3 is 0 Å². The standard InChI is InChI=1S/C31H36N6O4/c1-6-14-37-28(39)21-13-12-20(15-23(21)30(37,2)3)33-26-16-24(34-25(18-38)19-10-8-7-9-11-19)22(17-32-26)27-35-36-29(41-27)31(4,5)40/h7-13,15-17,25,38,40H,6,14,18H2,1-5H3,(H2,32,33,34)/t25-/m1/s1. The molecule has 0 saturated heterocycles. The van der Waals surface area contributed by atoms with E-state index in [0.29, 0.717) is 29.2 Å². The Kier molecular flexibility index (Phi) is 7.54. The monoisotopic (exact) mass is 556 g/mol. The first kappa shape index (κ1) is 28.3. The predicted molar refractivity (Wildman–Crippen MR) is 157 cm³/mol. The van der Waals surface area contributed by atoms with Gasteiger partial charge < -0.3 is 30.2 Å². The van der Waals surface area contributed by atoms with E-state index in [2.05, 4.69) is 46.6 Å². The van der Waals surface area contributed by atoms with Gasteiger partial charge in [-0.2, -0.15) is 0 Å². The molecule has 1 amide bonds. The number of benzene rings is 2. The molecule has 4 aromatic rings. The van der Waals surface area contributed by atoms with Crippen LogP contribution >= 0.6 is 0 Å². The molecule has 1 atom stereocenters. The van der Waals surface area contributed by atoms with Crippen LogP contribution in [-0.4, -0.2) is 49.4 Å². The predicted octanol–water partition coefficient (Wildman–Crippen LogP) is 5.35. The summed E-state index contributed by atoms with van der Waals surface area (Å²) in [6, 6.07) is 16.7. The topological polar surface area (TPSA) is 137 Å². The number of nitrogens with one attached hydrogen (secondary N) is 2. The summed E-state index contributed by atoms with van der Waals surface area (Å²) in [4.78, 5) is 19.5. The van der Waals surface area contributed by atoms with Crippen molar-refractivity contribution in [1.29, 1.82) is 0 Å². The largest absolute Gasteiger partial charge is 0.417 e. The fraction of sp³-hybridized carbons (Fsp3) is 0.355. The molecule has 41 heavy (non-hydrogen) atoms. The summed E-state index contributed by atoms with van der Waals surface area (Å²) in [6.07, 6.45) is 2.49. The smallest absolute Gasteiger partial charge is 0.254 e. The van der Waals surface area contributed by atoms with Gasteiger partial charge in [0.05, 0.1) is 29.4 Å². The number of aliphatic hydroxyl groups is 2. The van der Waals surface area contributed by atoms with Gasteiger partial charge in [-0.25, -0.2) is 4.98 Å². The summed E-state index contributed by atoms with van der Waals surface area (Å²) in [7, 11) is 0. The number of aliphatic hydroxyl groups excluding tert-OH is 1. The van der Waals surface area contributed by atoms with Crippen molar-refractivity contribution >= 4 is 23.1 Å². The number of carbonyl (C=O) groups is 1. The Hall–Kier alpha value is -4.28. The third kappa shape index (κ3) is 5.53. The molecule has 4 N–H and O–H groups in total. The van der Waals surface area contributed by atoms with Crippen LogP contribution in [0.15, 0.2) is 65.2 Å². The maximum absolute atomic E-state index is 13.0. The van der Waals surface area contributed by atoms with Crippen LogP contribution in [0, 0.1) is 0 Å². The van der Waals surface area contributed by atoms with Crippen LogP contribution in [0.4, 0.5) is 17.2 Å². The van der Waals surface area contributed by atoms with Crippen LogP contribution in [0.2, 0.25) is 0 Å². The van der Waals surface area contributed by atoms with Gasteiger partial charge in [0.1, 0.15) is 11.4 Å². The number of carbonyl (C=O) groups excluding carboxylic acids is 1. The number of hydrogen-bond acceptors (Lipinski definition) is 9. The minimum absolute atomic E-state index is 0.0494. The SMILES string of the molecule is CCCN1C(=O)c2ccc(Nc3cc(N[C@H](CO)c4ccccc4)c(-c4nnc(C(C)(C)O)o4)cn3)cc2C1(C)C. The first-order valence-corrected chi connectivity index (χ1v) is 13.8. The molecule has 0 spiro atoms. The van der Waals surface area contributed by atoms with Gasteiger partial charge in [0.15, 0.2) is 0 Å². The maximum Gasteiger partial charge on any atom is 0.254 e. The normalized spacial score (nSPS) is 15.1. The average molecular weight is 557 g/mol. The van der Waals surface area contributed by atoms with Crippen molar-refractivity contribution in [3.8, 4) is 11.5 Å². The lowest BCUT2D eigenvalue weighted by Gasteiger charge is -2.32. The maximum atomic E-state index is 13.0. The number of anilines is 3. The highest BCUT2D eigenvalue weighted by Crippen LogP contribution is 2.41. The van der Waals surface area contributed by atoms with Crippen molar-refractivity contribution in [1.82, 2.24) is 20.1 Å². The minimum Gasteiger partial charge on any atom is -0.417 e. The lowest BCUT2D eigenvalue weighted by Crippen LogP contribution is -2.39. The number of hydrogen-bond donors (Lipinski definition) is 4.